The van der Waals surface area contributed by atoms with Gasteiger partial charge in [-0.25, -0.2) is 0 Å². The number of hydrogen-bond acceptors (Lipinski definition) is 5. The van der Waals surface area contributed by atoms with Crippen molar-refractivity contribution in [2.24, 2.45) is 5.73 Å². The SMILES string of the molecule is NC(CN1CCCC1)c1ncon1. The van der Waals surface area contributed by atoms with Crippen LogP contribution in [-0.2, 0) is 0 Å². The Morgan fingerprint density at radius 1 is 1.54 bits per heavy atom. The van der Waals surface area contributed by atoms with Crippen LogP contribution < -0.4 is 5.73 Å². The summed E-state index contributed by atoms with van der Waals surface area (Å²) in [6, 6.07) is -0.114. The largest absolute Gasteiger partial charge is 0.343 e. The molecule has 1 fully saturated rings. The summed E-state index contributed by atoms with van der Waals surface area (Å²) in [7, 11) is 0. The minimum atomic E-state index is -0.114. The van der Waals surface area contributed by atoms with Crippen molar-refractivity contribution in [1.29, 1.82) is 0 Å². The van der Waals surface area contributed by atoms with Gasteiger partial charge in [0.25, 0.3) is 0 Å². The molecule has 1 saturated heterocycles. The Hall–Kier alpha value is -0.940. The summed E-state index contributed by atoms with van der Waals surface area (Å²) in [5.41, 5.74) is 5.89. The maximum atomic E-state index is 5.89. The molecule has 1 aliphatic heterocycles. The Morgan fingerprint density at radius 3 is 2.92 bits per heavy atom. The van der Waals surface area contributed by atoms with Gasteiger partial charge in [0.15, 0.2) is 5.82 Å². The van der Waals surface area contributed by atoms with E-state index < -0.39 is 0 Å². The predicted octanol–water partition coefficient (Wildman–Crippen LogP) is 0.165. The van der Waals surface area contributed by atoms with Gasteiger partial charge in [0.1, 0.15) is 0 Å². The number of aromatic nitrogens is 2. The van der Waals surface area contributed by atoms with Gasteiger partial charge in [-0.15, -0.1) is 0 Å². The van der Waals surface area contributed by atoms with Gasteiger partial charge in [-0.1, -0.05) is 5.16 Å². The van der Waals surface area contributed by atoms with Crippen molar-refractivity contribution < 1.29 is 4.52 Å². The van der Waals surface area contributed by atoms with Crippen molar-refractivity contribution >= 4 is 0 Å². The second kappa shape index (κ2) is 3.85. The lowest BCUT2D eigenvalue weighted by atomic mass is 10.3. The number of hydrogen-bond donors (Lipinski definition) is 1. The van der Waals surface area contributed by atoms with Crippen molar-refractivity contribution in [1.82, 2.24) is 15.0 Å². The molecule has 1 aromatic heterocycles. The molecule has 0 aliphatic carbocycles. The van der Waals surface area contributed by atoms with E-state index in [9.17, 15) is 0 Å². The molecule has 0 saturated carbocycles. The molecule has 5 nitrogen and oxygen atoms in total. The first-order valence-electron chi connectivity index (χ1n) is 4.60. The van der Waals surface area contributed by atoms with Crippen molar-refractivity contribution in [3.8, 4) is 0 Å². The van der Waals surface area contributed by atoms with Gasteiger partial charge in [-0.2, -0.15) is 4.98 Å². The summed E-state index contributed by atoms with van der Waals surface area (Å²) >= 11 is 0. The highest BCUT2D eigenvalue weighted by molar-refractivity contribution is 4.90. The molecule has 1 atom stereocenters. The lowest BCUT2D eigenvalue weighted by Crippen LogP contribution is -2.30. The summed E-state index contributed by atoms with van der Waals surface area (Å²) in [6.45, 7) is 3.12. The molecule has 0 spiro atoms. The second-order valence-electron chi connectivity index (χ2n) is 3.40. The van der Waals surface area contributed by atoms with Crippen molar-refractivity contribution in [2.45, 2.75) is 18.9 Å². The molecule has 13 heavy (non-hydrogen) atoms. The fourth-order valence-corrected chi connectivity index (χ4v) is 1.67. The third kappa shape index (κ3) is 2.05. The van der Waals surface area contributed by atoms with Gasteiger partial charge in [0.05, 0.1) is 6.04 Å². The highest BCUT2D eigenvalue weighted by Gasteiger charge is 2.18. The first kappa shape index (κ1) is 8.65. The van der Waals surface area contributed by atoms with E-state index in [-0.39, 0.29) is 6.04 Å². The molecule has 2 N–H and O–H groups in total. The average molecular weight is 182 g/mol. The van der Waals surface area contributed by atoms with Crippen LogP contribution in [0, 0.1) is 0 Å². The van der Waals surface area contributed by atoms with E-state index in [1.54, 1.807) is 0 Å². The Kier molecular flexibility index (Phi) is 2.56. The molecule has 0 radical (unpaired) electrons. The summed E-state index contributed by atoms with van der Waals surface area (Å²) in [5, 5.41) is 3.72. The van der Waals surface area contributed by atoms with Gasteiger partial charge >= 0.3 is 0 Å². The Balaban J connectivity index is 1.87. The minimum Gasteiger partial charge on any atom is -0.343 e. The molecular formula is C8H14N4O. The van der Waals surface area contributed by atoms with Crippen LogP contribution in [0.1, 0.15) is 24.7 Å². The molecular weight excluding hydrogens is 168 g/mol. The zero-order valence-corrected chi connectivity index (χ0v) is 7.52. The fraction of sp³-hybridized carbons (Fsp3) is 0.750. The number of nitrogens with two attached hydrogens (primary N) is 1. The van der Waals surface area contributed by atoms with E-state index in [1.807, 2.05) is 0 Å². The lowest BCUT2D eigenvalue weighted by molar-refractivity contribution is 0.306. The van der Waals surface area contributed by atoms with E-state index in [1.165, 1.54) is 19.2 Å². The third-order valence-corrected chi connectivity index (χ3v) is 2.36. The van der Waals surface area contributed by atoms with E-state index in [4.69, 9.17) is 5.73 Å². The molecule has 72 valence electrons. The standard InChI is InChI=1S/C8H14N4O/c9-7(8-10-6-13-11-8)5-12-3-1-2-4-12/h6-7H,1-5,9H2. The zero-order chi connectivity index (χ0) is 9.10. The van der Waals surface area contributed by atoms with Gasteiger partial charge in [-0.05, 0) is 25.9 Å². The average Bonchev–Trinajstić information content (AvgIpc) is 2.74. The zero-order valence-electron chi connectivity index (χ0n) is 7.52. The monoisotopic (exact) mass is 182 g/mol. The van der Waals surface area contributed by atoms with Gasteiger partial charge < -0.3 is 15.2 Å². The van der Waals surface area contributed by atoms with Crippen LogP contribution in [0.25, 0.3) is 0 Å². The number of likely N-dealkylation sites (tertiary alicyclic amines) is 1. The summed E-state index contributed by atoms with van der Waals surface area (Å²) in [4.78, 5) is 6.26. The minimum absolute atomic E-state index is 0.114. The Bertz CT molecular complexity index is 243. The van der Waals surface area contributed by atoms with Gasteiger partial charge in [0.2, 0.25) is 6.39 Å². The molecule has 1 aromatic rings. The fourth-order valence-electron chi connectivity index (χ4n) is 1.67. The van der Waals surface area contributed by atoms with Crippen molar-refractivity contribution in [3.63, 3.8) is 0 Å². The van der Waals surface area contributed by atoms with E-state index in [0.29, 0.717) is 5.82 Å². The van der Waals surface area contributed by atoms with Crippen LogP contribution in [0.2, 0.25) is 0 Å². The van der Waals surface area contributed by atoms with Crippen molar-refractivity contribution in [3.05, 3.63) is 12.2 Å². The second-order valence-corrected chi connectivity index (χ2v) is 3.40. The van der Waals surface area contributed by atoms with Crippen LogP contribution >= 0.6 is 0 Å². The summed E-state index contributed by atoms with van der Waals surface area (Å²) in [5.74, 6) is 0.604. The lowest BCUT2D eigenvalue weighted by Gasteiger charge is -2.17. The van der Waals surface area contributed by atoms with Crippen molar-refractivity contribution in [2.75, 3.05) is 19.6 Å². The quantitative estimate of drug-likeness (QED) is 0.721. The predicted molar refractivity (Wildman–Crippen MR) is 46.9 cm³/mol. The normalized spacial score (nSPS) is 20.7. The molecule has 1 unspecified atom stereocenters. The third-order valence-electron chi connectivity index (χ3n) is 2.36. The molecule has 0 bridgehead atoms. The molecule has 2 heterocycles. The molecule has 1 aliphatic rings. The number of rotatable bonds is 3. The topological polar surface area (TPSA) is 68.2 Å². The first-order chi connectivity index (χ1) is 6.36. The highest BCUT2D eigenvalue weighted by atomic mass is 16.5. The van der Waals surface area contributed by atoms with Gasteiger partial charge in [0, 0.05) is 6.54 Å². The van der Waals surface area contributed by atoms with Gasteiger partial charge in [-0.3, -0.25) is 0 Å². The van der Waals surface area contributed by atoms with Crippen LogP contribution in [0.5, 0.6) is 0 Å². The van der Waals surface area contributed by atoms with Crippen LogP contribution in [0.3, 0.4) is 0 Å². The smallest absolute Gasteiger partial charge is 0.213 e. The number of nitrogens with zero attached hydrogens (tertiary/aromatic N) is 3. The van der Waals surface area contributed by atoms with E-state index >= 15 is 0 Å². The molecule has 2 rings (SSSR count). The molecule has 0 amide bonds. The maximum Gasteiger partial charge on any atom is 0.213 e. The highest BCUT2D eigenvalue weighted by Crippen LogP contribution is 2.12. The van der Waals surface area contributed by atoms with E-state index in [0.717, 1.165) is 19.6 Å². The Labute approximate surface area is 76.9 Å². The molecule has 0 aromatic carbocycles. The maximum absolute atomic E-state index is 5.89. The summed E-state index contributed by atoms with van der Waals surface area (Å²) < 4.78 is 4.64. The van der Waals surface area contributed by atoms with E-state index in [2.05, 4.69) is 19.6 Å². The summed E-state index contributed by atoms with van der Waals surface area (Å²) in [6.07, 6.45) is 3.87. The van der Waals surface area contributed by atoms with Crippen LogP contribution in [0.4, 0.5) is 0 Å². The van der Waals surface area contributed by atoms with Crippen LogP contribution in [0.15, 0.2) is 10.9 Å². The Morgan fingerprint density at radius 2 is 2.31 bits per heavy atom. The first-order valence-corrected chi connectivity index (χ1v) is 4.60. The molecule has 5 heteroatoms. The van der Waals surface area contributed by atoms with Crippen LogP contribution in [-0.4, -0.2) is 34.7 Å².